The molecule has 0 bridgehead atoms. The highest BCUT2D eigenvalue weighted by atomic mass is 32.2. The lowest BCUT2D eigenvalue weighted by molar-refractivity contribution is -0.137. The van der Waals surface area contributed by atoms with Gasteiger partial charge in [-0.1, -0.05) is 18.2 Å². The summed E-state index contributed by atoms with van der Waals surface area (Å²) in [5.41, 5.74) is 2.32. The van der Waals surface area contributed by atoms with Crippen molar-refractivity contribution in [2.45, 2.75) is 6.54 Å². The number of carbonyl (C=O) groups is 2. The minimum Gasteiger partial charge on any atom is -0.497 e. The normalized spacial score (nSPS) is 16.7. The number of carboxylic acids is 1. The number of aliphatic carboxylic acids is 1. The molecule has 30 heavy (non-hydrogen) atoms. The van der Waals surface area contributed by atoms with Crippen LogP contribution in [0.25, 0.3) is 17.0 Å². The molecule has 1 aliphatic heterocycles. The van der Waals surface area contributed by atoms with Gasteiger partial charge in [0.05, 0.1) is 17.7 Å². The fourth-order valence-electron chi connectivity index (χ4n) is 3.23. The topological polar surface area (TPSA) is 84.1 Å². The number of carbonyl (C=O) groups excluding carboxylic acids is 1. The minimum absolute atomic E-state index is 0.144. The van der Waals surface area contributed by atoms with Gasteiger partial charge in [0.2, 0.25) is 0 Å². The smallest absolute Gasteiger partial charge is 0.323 e. The van der Waals surface area contributed by atoms with Gasteiger partial charge in [-0.15, -0.1) is 0 Å². The third kappa shape index (κ3) is 3.81. The lowest BCUT2D eigenvalue weighted by Gasteiger charge is -2.07. The Bertz CT molecular complexity index is 1190. The van der Waals surface area contributed by atoms with Crippen LogP contribution in [0.3, 0.4) is 0 Å². The molecule has 8 heteroatoms. The summed E-state index contributed by atoms with van der Waals surface area (Å²) >= 11 is 1.29. The van der Waals surface area contributed by atoms with Crippen LogP contribution in [0.2, 0.25) is 0 Å². The molecule has 7 nitrogen and oxygen atoms in total. The van der Waals surface area contributed by atoms with E-state index in [0.717, 1.165) is 27.9 Å². The van der Waals surface area contributed by atoms with Crippen LogP contribution in [-0.4, -0.2) is 45.8 Å². The van der Waals surface area contributed by atoms with Crippen LogP contribution in [0.5, 0.6) is 5.75 Å². The molecule has 2 aromatic carbocycles. The molecule has 1 amide bonds. The first-order chi connectivity index (χ1) is 14.5. The van der Waals surface area contributed by atoms with Gasteiger partial charge in [0.15, 0.2) is 5.17 Å². The third-order valence-electron chi connectivity index (χ3n) is 4.71. The summed E-state index contributed by atoms with van der Waals surface area (Å²) in [7, 11) is 3.29. The fraction of sp³-hybridized carbons (Fsp3) is 0.136. The zero-order chi connectivity index (χ0) is 21.3. The van der Waals surface area contributed by atoms with Crippen LogP contribution in [0.15, 0.2) is 64.6 Å². The molecule has 0 saturated carbocycles. The number of aromatic nitrogens is 1. The van der Waals surface area contributed by atoms with Gasteiger partial charge in [-0.25, -0.2) is 4.99 Å². The molecule has 152 valence electrons. The summed E-state index contributed by atoms with van der Waals surface area (Å²) in [5, 5.41) is 10.6. The largest absolute Gasteiger partial charge is 0.497 e. The molecule has 0 atom stereocenters. The minimum atomic E-state index is -0.921. The monoisotopic (exact) mass is 421 g/mol. The molecule has 1 N–H and O–H groups in total. The van der Waals surface area contributed by atoms with Crippen molar-refractivity contribution in [1.29, 1.82) is 0 Å². The zero-order valence-corrected chi connectivity index (χ0v) is 17.2. The molecule has 1 aliphatic rings. The maximum absolute atomic E-state index is 12.8. The van der Waals surface area contributed by atoms with Crippen molar-refractivity contribution < 1.29 is 19.4 Å². The highest BCUT2D eigenvalue weighted by Gasteiger charge is 2.30. The van der Waals surface area contributed by atoms with Crippen molar-refractivity contribution in [3.8, 4) is 5.75 Å². The summed E-state index contributed by atoms with van der Waals surface area (Å²) in [6.07, 6.45) is 3.55. The van der Waals surface area contributed by atoms with E-state index >= 15 is 0 Å². The number of benzene rings is 2. The molecule has 3 aromatic rings. The van der Waals surface area contributed by atoms with Gasteiger partial charge in [-0.2, -0.15) is 0 Å². The van der Waals surface area contributed by atoms with Gasteiger partial charge >= 0.3 is 5.97 Å². The lowest BCUT2D eigenvalue weighted by Crippen LogP contribution is -2.23. The molecule has 0 radical (unpaired) electrons. The number of carboxylic acid groups (broad SMARTS) is 1. The van der Waals surface area contributed by atoms with E-state index < -0.39 is 5.97 Å². The van der Waals surface area contributed by atoms with Gasteiger partial charge in [0.1, 0.15) is 12.3 Å². The van der Waals surface area contributed by atoms with Crippen molar-refractivity contribution in [2.24, 2.45) is 4.99 Å². The van der Waals surface area contributed by atoms with E-state index in [2.05, 4.69) is 4.99 Å². The number of nitrogens with zero attached hydrogens (tertiary/aromatic N) is 3. The maximum Gasteiger partial charge on any atom is 0.323 e. The summed E-state index contributed by atoms with van der Waals surface area (Å²) in [5.74, 6) is -0.335. The average molecular weight is 421 g/mol. The van der Waals surface area contributed by atoms with Crippen LogP contribution < -0.4 is 4.74 Å². The Hall–Kier alpha value is -3.52. The first-order valence-electron chi connectivity index (χ1n) is 9.16. The Balaban J connectivity index is 1.68. The first-order valence-corrected chi connectivity index (χ1v) is 9.98. The molecule has 1 aromatic heterocycles. The average Bonchev–Trinajstić information content (AvgIpc) is 3.21. The van der Waals surface area contributed by atoms with Crippen molar-refractivity contribution in [3.05, 3.63) is 65.2 Å². The van der Waals surface area contributed by atoms with Crippen molar-refractivity contribution in [3.63, 3.8) is 0 Å². The van der Waals surface area contributed by atoms with E-state index in [0.29, 0.717) is 10.1 Å². The summed E-state index contributed by atoms with van der Waals surface area (Å²) in [4.78, 5) is 30.6. The van der Waals surface area contributed by atoms with Crippen molar-refractivity contribution in [1.82, 2.24) is 9.47 Å². The number of rotatable bonds is 5. The predicted molar refractivity (Wildman–Crippen MR) is 118 cm³/mol. The van der Waals surface area contributed by atoms with Crippen LogP contribution in [0.1, 0.15) is 5.56 Å². The number of hydrogen-bond acceptors (Lipinski definition) is 5. The molecule has 2 heterocycles. The molecule has 0 spiro atoms. The Morgan fingerprint density at radius 2 is 1.93 bits per heavy atom. The van der Waals surface area contributed by atoms with Crippen LogP contribution >= 0.6 is 11.8 Å². The van der Waals surface area contributed by atoms with E-state index in [1.54, 1.807) is 31.0 Å². The second-order valence-electron chi connectivity index (χ2n) is 6.69. The Labute approximate surface area is 177 Å². The number of thioether (sulfide) groups is 1. The SMILES string of the molecule is COc1ccc(N=C2S/C(=C/c3cn(CC(=O)O)c4ccccc34)C(=O)N2C)cc1. The van der Waals surface area contributed by atoms with Crippen LogP contribution in [0.4, 0.5) is 5.69 Å². The summed E-state index contributed by atoms with van der Waals surface area (Å²) in [6, 6.07) is 14.8. The molecular weight excluding hydrogens is 402 g/mol. The summed E-state index contributed by atoms with van der Waals surface area (Å²) in [6.45, 7) is -0.144. The lowest BCUT2D eigenvalue weighted by atomic mass is 10.1. The molecule has 4 rings (SSSR count). The Kier molecular flexibility index (Phi) is 5.33. The van der Waals surface area contributed by atoms with Crippen molar-refractivity contribution in [2.75, 3.05) is 14.2 Å². The summed E-state index contributed by atoms with van der Waals surface area (Å²) < 4.78 is 6.83. The number of amides is 1. The van der Waals surface area contributed by atoms with E-state index in [1.807, 2.05) is 48.5 Å². The van der Waals surface area contributed by atoms with Gasteiger partial charge < -0.3 is 14.4 Å². The van der Waals surface area contributed by atoms with Gasteiger partial charge in [0, 0.05) is 29.7 Å². The second-order valence-corrected chi connectivity index (χ2v) is 7.70. The van der Waals surface area contributed by atoms with E-state index in [-0.39, 0.29) is 12.5 Å². The van der Waals surface area contributed by atoms with E-state index in [1.165, 1.54) is 16.7 Å². The number of amidine groups is 1. The third-order valence-corrected chi connectivity index (χ3v) is 5.77. The molecule has 1 fully saturated rings. The highest BCUT2D eigenvalue weighted by Crippen LogP contribution is 2.35. The predicted octanol–water partition coefficient (Wildman–Crippen LogP) is 3.97. The molecule has 0 aliphatic carbocycles. The number of aliphatic imine (C=N–C) groups is 1. The standard InChI is InChI=1S/C22H19N3O4S/c1-24-21(28)19(30-22(24)23-15-7-9-16(29-2)10-8-15)11-14-12-25(13-20(26)27)18-6-4-3-5-17(14)18/h3-12H,13H2,1-2H3,(H,26,27)/b19-11+,23-22?. The number of methoxy groups -OCH3 is 1. The number of ether oxygens (including phenoxy) is 1. The zero-order valence-electron chi connectivity index (χ0n) is 16.4. The number of hydrogen-bond donors (Lipinski definition) is 1. The highest BCUT2D eigenvalue weighted by molar-refractivity contribution is 8.18. The Morgan fingerprint density at radius 1 is 1.20 bits per heavy atom. The molecular formula is C22H19N3O4S. The Morgan fingerprint density at radius 3 is 2.63 bits per heavy atom. The van der Waals surface area contributed by atoms with E-state index in [9.17, 15) is 14.7 Å². The van der Waals surface area contributed by atoms with Crippen molar-refractivity contribution >= 4 is 51.5 Å². The quantitative estimate of drug-likeness (QED) is 0.630. The van der Waals surface area contributed by atoms with Gasteiger partial charge in [-0.05, 0) is 48.2 Å². The van der Waals surface area contributed by atoms with Gasteiger partial charge in [0.25, 0.3) is 5.91 Å². The van der Waals surface area contributed by atoms with Crippen LogP contribution in [-0.2, 0) is 16.1 Å². The number of fused-ring (bicyclic) bond motifs is 1. The maximum atomic E-state index is 12.8. The number of para-hydroxylation sites is 1. The van der Waals surface area contributed by atoms with E-state index in [4.69, 9.17) is 4.74 Å². The number of likely N-dealkylation sites (N-methyl/N-ethyl adjacent to an activating group) is 1. The molecule has 1 saturated heterocycles. The van der Waals surface area contributed by atoms with Gasteiger partial charge in [-0.3, -0.25) is 14.5 Å². The molecule has 0 unspecified atom stereocenters. The fourth-order valence-corrected chi connectivity index (χ4v) is 4.20. The van der Waals surface area contributed by atoms with Crippen LogP contribution in [0, 0.1) is 0 Å². The second kappa shape index (κ2) is 8.08. The first kappa shape index (κ1) is 19.8.